The average molecular weight is 431 g/mol. The van der Waals surface area contributed by atoms with Crippen LogP contribution in [0.4, 0.5) is 5.69 Å². The van der Waals surface area contributed by atoms with Crippen molar-refractivity contribution in [1.29, 1.82) is 0 Å². The van der Waals surface area contributed by atoms with Gasteiger partial charge in [0.05, 0.1) is 22.8 Å². The molecule has 0 fully saturated rings. The Kier molecular flexibility index (Phi) is 4.71. The van der Waals surface area contributed by atoms with Crippen LogP contribution in [0, 0.1) is 24.3 Å². The first kappa shape index (κ1) is 16.7. The van der Waals surface area contributed by atoms with Crippen molar-refractivity contribution in [3.63, 3.8) is 0 Å². The van der Waals surface area contributed by atoms with E-state index >= 15 is 0 Å². The van der Waals surface area contributed by atoms with E-state index in [4.69, 9.17) is 0 Å². The summed E-state index contributed by atoms with van der Waals surface area (Å²) in [5, 5.41) is 7.57. The lowest BCUT2D eigenvalue weighted by Crippen LogP contribution is -2.13. The predicted molar refractivity (Wildman–Crippen MR) is 105 cm³/mol. The van der Waals surface area contributed by atoms with E-state index in [1.165, 1.54) is 5.56 Å². The van der Waals surface area contributed by atoms with E-state index < -0.39 is 0 Å². The van der Waals surface area contributed by atoms with Crippen molar-refractivity contribution in [1.82, 2.24) is 9.78 Å². The molecule has 0 saturated heterocycles. The Bertz CT molecular complexity index is 897. The van der Waals surface area contributed by atoms with Crippen molar-refractivity contribution in [2.24, 2.45) is 0 Å². The largest absolute Gasteiger partial charge is 0.319 e. The Labute approximate surface area is 155 Å². The number of carbonyl (C=O) groups is 1. The van der Waals surface area contributed by atoms with Crippen molar-refractivity contribution in [2.75, 3.05) is 5.32 Å². The van der Waals surface area contributed by atoms with Gasteiger partial charge in [-0.05, 0) is 73.7 Å². The van der Waals surface area contributed by atoms with E-state index in [1.54, 1.807) is 0 Å². The first-order valence-corrected chi connectivity index (χ1v) is 8.74. The molecular formula is C19H18IN3O. The van der Waals surface area contributed by atoms with Crippen molar-refractivity contribution in [3.8, 4) is 5.69 Å². The number of hydrogen-bond donors (Lipinski definition) is 1. The third-order valence-corrected chi connectivity index (χ3v) is 4.57. The summed E-state index contributed by atoms with van der Waals surface area (Å²) in [5.41, 5.74) is 5.30. The molecule has 1 aromatic heterocycles. The summed E-state index contributed by atoms with van der Waals surface area (Å²) in [5.74, 6) is -0.122. The van der Waals surface area contributed by atoms with Crippen molar-refractivity contribution < 1.29 is 4.79 Å². The van der Waals surface area contributed by atoms with Gasteiger partial charge in [-0.3, -0.25) is 4.79 Å². The molecule has 1 heterocycles. The second-order valence-corrected chi connectivity index (χ2v) is 7.00. The van der Waals surface area contributed by atoms with Crippen LogP contribution in [-0.4, -0.2) is 15.7 Å². The molecule has 24 heavy (non-hydrogen) atoms. The van der Waals surface area contributed by atoms with Crippen LogP contribution in [0.15, 0.2) is 48.5 Å². The van der Waals surface area contributed by atoms with Gasteiger partial charge in [0, 0.05) is 9.13 Å². The van der Waals surface area contributed by atoms with E-state index in [2.05, 4.69) is 52.1 Å². The molecule has 0 aliphatic carbocycles. The molecule has 0 spiro atoms. The number of anilines is 1. The van der Waals surface area contributed by atoms with Crippen LogP contribution in [0.5, 0.6) is 0 Å². The van der Waals surface area contributed by atoms with Gasteiger partial charge in [0.25, 0.3) is 5.91 Å². The number of amides is 1. The van der Waals surface area contributed by atoms with Crippen molar-refractivity contribution in [3.05, 3.63) is 74.6 Å². The number of hydrogen-bond acceptors (Lipinski definition) is 2. The summed E-state index contributed by atoms with van der Waals surface area (Å²) in [6.07, 6.45) is 0. The normalized spacial score (nSPS) is 10.7. The number of nitrogens with one attached hydrogen (secondary N) is 1. The molecular weight excluding hydrogens is 413 g/mol. The van der Waals surface area contributed by atoms with Crippen molar-refractivity contribution >= 4 is 34.2 Å². The molecule has 4 nitrogen and oxygen atoms in total. The van der Waals surface area contributed by atoms with Gasteiger partial charge in [0.1, 0.15) is 0 Å². The smallest absolute Gasteiger partial charge is 0.255 e. The van der Waals surface area contributed by atoms with Gasteiger partial charge in [0.15, 0.2) is 0 Å². The van der Waals surface area contributed by atoms with Crippen LogP contribution in [0.3, 0.4) is 0 Å². The van der Waals surface area contributed by atoms with Gasteiger partial charge in [0.2, 0.25) is 0 Å². The standard InChI is InChI=1S/C19H18IN3O/c1-12-7-9-17(10-8-12)23-14(3)18(13(2)22-23)21-19(24)15-5-4-6-16(20)11-15/h4-11H,1-3H3,(H,21,24). The minimum absolute atomic E-state index is 0.122. The third kappa shape index (κ3) is 3.36. The number of aryl methyl sites for hydroxylation is 2. The number of aromatic nitrogens is 2. The van der Waals surface area contributed by atoms with Crippen LogP contribution in [0.25, 0.3) is 5.69 Å². The maximum atomic E-state index is 12.5. The molecule has 0 atom stereocenters. The molecule has 0 aliphatic rings. The van der Waals surface area contributed by atoms with Gasteiger partial charge in [-0.2, -0.15) is 5.10 Å². The zero-order valence-corrected chi connectivity index (χ0v) is 16.0. The van der Waals surface area contributed by atoms with Crippen LogP contribution in [0.1, 0.15) is 27.3 Å². The molecule has 0 aliphatic heterocycles. The molecule has 2 aromatic carbocycles. The molecule has 0 saturated carbocycles. The van der Waals surface area contributed by atoms with E-state index in [0.717, 1.165) is 26.3 Å². The summed E-state index contributed by atoms with van der Waals surface area (Å²) in [7, 11) is 0. The van der Waals surface area contributed by atoms with E-state index in [1.807, 2.05) is 54.9 Å². The second-order valence-electron chi connectivity index (χ2n) is 5.76. The minimum atomic E-state index is -0.122. The van der Waals surface area contributed by atoms with Crippen LogP contribution >= 0.6 is 22.6 Å². The van der Waals surface area contributed by atoms with E-state index in [9.17, 15) is 4.79 Å². The number of benzene rings is 2. The van der Waals surface area contributed by atoms with E-state index in [-0.39, 0.29) is 5.91 Å². The minimum Gasteiger partial charge on any atom is -0.319 e. The first-order chi connectivity index (χ1) is 11.5. The Morgan fingerprint density at radius 1 is 1.08 bits per heavy atom. The lowest BCUT2D eigenvalue weighted by atomic mass is 10.2. The highest BCUT2D eigenvalue weighted by molar-refractivity contribution is 14.1. The zero-order chi connectivity index (χ0) is 17.3. The first-order valence-electron chi connectivity index (χ1n) is 7.66. The molecule has 1 amide bonds. The summed E-state index contributed by atoms with van der Waals surface area (Å²) in [6, 6.07) is 15.7. The predicted octanol–water partition coefficient (Wildman–Crippen LogP) is 4.65. The van der Waals surface area contributed by atoms with Crippen LogP contribution < -0.4 is 5.32 Å². The summed E-state index contributed by atoms with van der Waals surface area (Å²) >= 11 is 2.20. The number of carbonyl (C=O) groups excluding carboxylic acids is 1. The maximum Gasteiger partial charge on any atom is 0.255 e. The fourth-order valence-corrected chi connectivity index (χ4v) is 3.12. The molecule has 0 radical (unpaired) electrons. The number of halogens is 1. The highest BCUT2D eigenvalue weighted by atomic mass is 127. The third-order valence-electron chi connectivity index (χ3n) is 3.90. The van der Waals surface area contributed by atoms with Crippen LogP contribution in [-0.2, 0) is 0 Å². The fourth-order valence-electron chi connectivity index (χ4n) is 2.58. The average Bonchev–Trinajstić information content (AvgIpc) is 2.84. The monoisotopic (exact) mass is 431 g/mol. The molecule has 0 bridgehead atoms. The number of nitrogens with zero attached hydrogens (tertiary/aromatic N) is 2. The number of rotatable bonds is 3. The Morgan fingerprint density at radius 2 is 1.79 bits per heavy atom. The molecule has 5 heteroatoms. The Balaban J connectivity index is 1.92. The molecule has 3 rings (SSSR count). The zero-order valence-electron chi connectivity index (χ0n) is 13.8. The van der Waals surface area contributed by atoms with Crippen LogP contribution in [0.2, 0.25) is 0 Å². The van der Waals surface area contributed by atoms with Gasteiger partial charge in [-0.1, -0.05) is 23.8 Å². The van der Waals surface area contributed by atoms with Gasteiger partial charge in [-0.15, -0.1) is 0 Å². The SMILES string of the molecule is Cc1ccc(-n2nc(C)c(NC(=O)c3cccc(I)c3)c2C)cc1. The lowest BCUT2D eigenvalue weighted by molar-refractivity contribution is 0.102. The molecule has 0 unspecified atom stereocenters. The highest BCUT2D eigenvalue weighted by Gasteiger charge is 2.16. The van der Waals surface area contributed by atoms with Gasteiger partial charge >= 0.3 is 0 Å². The fraction of sp³-hybridized carbons (Fsp3) is 0.158. The van der Waals surface area contributed by atoms with Crippen molar-refractivity contribution in [2.45, 2.75) is 20.8 Å². The summed E-state index contributed by atoms with van der Waals surface area (Å²) < 4.78 is 2.89. The lowest BCUT2D eigenvalue weighted by Gasteiger charge is -2.08. The molecule has 1 N–H and O–H groups in total. The maximum absolute atomic E-state index is 12.5. The van der Waals surface area contributed by atoms with Gasteiger partial charge in [-0.25, -0.2) is 4.68 Å². The van der Waals surface area contributed by atoms with Gasteiger partial charge < -0.3 is 5.32 Å². The quantitative estimate of drug-likeness (QED) is 0.614. The second kappa shape index (κ2) is 6.76. The summed E-state index contributed by atoms with van der Waals surface area (Å²) in [4.78, 5) is 12.5. The Hall–Kier alpha value is -2.15. The topological polar surface area (TPSA) is 46.9 Å². The molecule has 3 aromatic rings. The summed E-state index contributed by atoms with van der Waals surface area (Å²) in [6.45, 7) is 5.92. The highest BCUT2D eigenvalue weighted by Crippen LogP contribution is 2.24. The van der Waals surface area contributed by atoms with E-state index in [0.29, 0.717) is 5.56 Å². The molecule has 122 valence electrons. The Morgan fingerprint density at radius 3 is 2.46 bits per heavy atom.